The van der Waals surface area contributed by atoms with Crippen molar-refractivity contribution < 1.29 is 14.0 Å². The van der Waals surface area contributed by atoms with E-state index in [1.165, 1.54) is 18.2 Å². The molecule has 0 aromatic heterocycles. The second-order valence-corrected chi connectivity index (χ2v) is 5.23. The summed E-state index contributed by atoms with van der Waals surface area (Å²) in [5.41, 5.74) is 1.03. The van der Waals surface area contributed by atoms with Crippen LogP contribution in [0.1, 0.15) is 27.6 Å². The summed E-state index contributed by atoms with van der Waals surface area (Å²) in [6, 6.07) is 12.2. The molecule has 0 aliphatic heterocycles. The Morgan fingerprint density at radius 2 is 1.71 bits per heavy atom. The van der Waals surface area contributed by atoms with Gasteiger partial charge in [0.2, 0.25) is 0 Å². The van der Waals surface area contributed by atoms with Crippen LogP contribution in [0.15, 0.2) is 48.5 Å². The van der Waals surface area contributed by atoms with Gasteiger partial charge < -0.3 is 10.6 Å². The van der Waals surface area contributed by atoms with Crippen LogP contribution in [0.25, 0.3) is 0 Å². The summed E-state index contributed by atoms with van der Waals surface area (Å²) in [6.07, 6.45) is 0. The molecule has 3 N–H and O–H groups in total. The van der Waals surface area contributed by atoms with Gasteiger partial charge in [-0.15, -0.1) is 0 Å². The van der Waals surface area contributed by atoms with E-state index in [9.17, 15) is 14.0 Å². The van der Waals surface area contributed by atoms with Crippen LogP contribution in [0.4, 0.5) is 10.1 Å². The maximum atomic E-state index is 13.5. The van der Waals surface area contributed by atoms with Crippen LogP contribution < -0.4 is 16.0 Å². The number of anilines is 1. The van der Waals surface area contributed by atoms with E-state index in [0.717, 1.165) is 0 Å². The molecule has 124 valence electrons. The van der Waals surface area contributed by atoms with Crippen molar-refractivity contribution >= 4 is 34.8 Å². The van der Waals surface area contributed by atoms with Crippen molar-refractivity contribution in [3.05, 3.63) is 65.5 Å². The van der Waals surface area contributed by atoms with Gasteiger partial charge in [0.1, 0.15) is 5.82 Å². The van der Waals surface area contributed by atoms with Gasteiger partial charge in [-0.3, -0.25) is 14.9 Å². The first-order valence-corrected chi connectivity index (χ1v) is 7.67. The Morgan fingerprint density at radius 1 is 1.04 bits per heavy atom. The zero-order chi connectivity index (χ0) is 17.5. The average Bonchev–Trinajstić information content (AvgIpc) is 2.56. The maximum absolute atomic E-state index is 13.5. The van der Waals surface area contributed by atoms with Crippen molar-refractivity contribution in [3.63, 3.8) is 0 Å². The van der Waals surface area contributed by atoms with E-state index in [4.69, 9.17) is 12.2 Å². The van der Waals surface area contributed by atoms with Crippen LogP contribution in [0.3, 0.4) is 0 Å². The maximum Gasteiger partial charge on any atom is 0.260 e. The Kier molecular flexibility index (Phi) is 5.97. The minimum atomic E-state index is -0.635. The van der Waals surface area contributed by atoms with Gasteiger partial charge in [-0.25, -0.2) is 4.39 Å². The topological polar surface area (TPSA) is 70.2 Å². The van der Waals surface area contributed by atoms with Crippen LogP contribution in [0.5, 0.6) is 0 Å². The molecule has 2 aromatic rings. The average molecular weight is 345 g/mol. The third-order valence-electron chi connectivity index (χ3n) is 3.09. The normalized spacial score (nSPS) is 9.92. The standard InChI is InChI=1S/C17H16FN3O2S/c1-2-19-15(22)11-7-9-12(10-8-11)20-17(24)21-16(23)13-5-3-4-6-14(13)18/h3-10H,2H2,1H3,(H,19,22)(H2,20,21,23,24). The van der Waals surface area contributed by atoms with Gasteiger partial charge in [-0.2, -0.15) is 0 Å². The second kappa shape index (κ2) is 8.16. The van der Waals surface area contributed by atoms with Crippen molar-refractivity contribution in [3.8, 4) is 0 Å². The summed E-state index contributed by atoms with van der Waals surface area (Å²) in [4.78, 5) is 23.6. The first-order chi connectivity index (χ1) is 11.5. The smallest absolute Gasteiger partial charge is 0.260 e. The number of carbonyl (C=O) groups excluding carboxylic acids is 2. The Balaban J connectivity index is 1.96. The van der Waals surface area contributed by atoms with E-state index >= 15 is 0 Å². The zero-order valence-corrected chi connectivity index (χ0v) is 13.7. The van der Waals surface area contributed by atoms with E-state index in [1.807, 2.05) is 6.92 Å². The Hall–Kier alpha value is -2.80. The number of hydrogen-bond donors (Lipinski definition) is 3. The molecule has 24 heavy (non-hydrogen) atoms. The molecule has 0 aliphatic rings. The van der Waals surface area contributed by atoms with Crippen LogP contribution in [0, 0.1) is 5.82 Å². The molecule has 2 rings (SSSR count). The molecule has 0 aliphatic carbocycles. The fraction of sp³-hybridized carbons (Fsp3) is 0.118. The number of rotatable bonds is 4. The summed E-state index contributed by atoms with van der Waals surface area (Å²) in [6.45, 7) is 2.38. The van der Waals surface area contributed by atoms with Gasteiger partial charge in [-0.1, -0.05) is 12.1 Å². The second-order valence-electron chi connectivity index (χ2n) is 4.82. The van der Waals surface area contributed by atoms with E-state index in [1.54, 1.807) is 30.3 Å². The monoisotopic (exact) mass is 345 g/mol. The van der Waals surface area contributed by atoms with Crippen molar-refractivity contribution in [1.82, 2.24) is 10.6 Å². The molecule has 5 nitrogen and oxygen atoms in total. The molecule has 0 bridgehead atoms. The highest BCUT2D eigenvalue weighted by molar-refractivity contribution is 7.80. The highest BCUT2D eigenvalue weighted by atomic mass is 32.1. The third kappa shape index (κ3) is 4.60. The summed E-state index contributed by atoms with van der Waals surface area (Å²) < 4.78 is 13.5. The molecule has 0 atom stereocenters. The minimum Gasteiger partial charge on any atom is -0.352 e. The molecule has 0 spiro atoms. The first-order valence-electron chi connectivity index (χ1n) is 7.26. The fourth-order valence-electron chi connectivity index (χ4n) is 1.95. The summed E-state index contributed by atoms with van der Waals surface area (Å²) in [7, 11) is 0. The summed E-state index contributed by atoms with van der Waals surface area (Å²) in [5.74, 6) is -1.42. The first kappa shape index (κ1) is 17.6. The Bertz CT molecular complexity index is 763. The molecule has 0 saturated carbocycles. The fourth-order valence-corrected chi connectivity index (χ4v) is 2.16. The molecule has 0 heterocycles. The minimum absolute atomic E-state index is 0.0361. The molecule has 0 unspecified atom stereocenters. The number of hydrogen-bond acceptors (Lipinski definition) is 3. The van der Waals surface area contributed by atoms with Gasteiger partial charge in [0.25, 0.3) is 11.8 Å². The van der Waals surface area contributed by atoms with Crippen LogP contribution >= 0.6 is 12.2 Å². The van der Waals surface area contributed by atoms with E-state index < -0.39 is 11.7 Å². The molecular weight excluding hydrogens is 329 g/mol. The van der Waals surface area contributed by atoms with Crippen LogP contribution in [0.2, 0.25) is 0 Å². The van der Waals surface area contributed by atoms with Gasteiger partial charge in [0, 0.05) is 17.8 Å². The number of benzene rings is 2. The summed E-state index contributed by atoms with van der Waals surface area (Å²) in [5, 5.41) is 7.94. The van der Waals surface area contributed by atoms with Gasteiger partial charge in [0.05, 0.1) is 5.56 Å². The van der Waals surface area contributed by atoms with Crippen LogP contribution in [-0.4, -0.2) is 23.5 Å². The van der Waals surface area contributed by atoms with Crippen molar-refractivity contribution in [2.45, 2.75) is 6.92 Å². The molecule has 0 fully saturated rings. The van der Waals surface area contributed by atoms with Gasteiger partial charge in [0.15, 0.2) is 5.11 Å². The lowest BCUT2D eigenvalue weighted by Crippen LogP contribution is -2.34. The van der Waals surface area contributed by atoms with Gasteiger partial charge >= 0.3 is 0 Å². The Morgan fingerprint density at radius 3 is 2.33 bits per heavy atom. The summed E-state index contributed by atoms with van der Waals surface area (Å²) >= 11 is 5.04. The van der Waals surface area contributed by atoms with Crippen molar-refractivity contribution in [2.75, 3.05) is 11.9 Å². The van der Waals surface area contributed by atoms with E-state index in [2.05, 4.69) is 16.0 Å². The molecule has 2 amide bonds. The predicted molar refractivity (Wildman–Crippen MR) is 94.5 cm³/mol. The number of carbonyl (C=O) groups is 2. The van der Waals surface area contributed by atoms with Gasteiger partial charge in [-0.05, 0) is 55.5 Å². The third-order valence-corrected chi connectivity index (χ3v) is 3.29. The number of nitrogens with one attached hydrogen (secondary N) is 3. The highest BCUT2D eigenvalue weighted by Gasteiger charge is 2.12. The molecule has 2 aromatic carbocycles. The Labute approximate surface area is 144 Å². The SMILES string of the molecule is CCNC(=O)c1ccc(NC(=S)NC(=O)c2ccccc2F)cc1. The largest absolute Gasteiger partial charge is 0.352 e. The zero-order valence-electron chi connectivity index (χ0n) is 12.9. The van der Waals surface area contributed by atoms with Crippen molar-refractivity contribution in [2.24, 2.45) is 0 Å². The molecular formula is C17H16FN3O2S. The predicted octanol–water partition coefficient (Wildman–Crippen LogP) is 2.70. The lowest BCUT2D eigenvalue weighted by atomic mass is 10.2. The molecule has 0 saturated heterocycles. The van der Waals surface area contributed by atoms with Crippen molar-refractivity contribution in [1.29, 1.82) is 0 Å². The number of thiocarbonyl (C=S) groups is 1. The van der Waals surface area contributed by atoms with Crippen LogP contribution in [-0.2, 0) is 0 Å². The molecule has 0 radical (unpaired) electrons. The lowest BCUT2D eigenvalue weighted by molar-refractivity contribution is 0.0952. The molecule has 7 heteroatoms. The number of halogens is 1. The highest BCUT2D eigenvalue weighted by Crippen LogP contribution is 2.10. The quantitative estimate of drug-likeness (QED) is 0.745. The van der Waals surface area contributed by atoms with E-state index in [-0.39, 0.29) is 16.6 Å². The van der Waals surface area contributed by atoms with E-state index in [0.29, 0.717) is 17.8 Å². The number of amides is 2. The lowest BCUT2D eigenvalue weighted by Gasteiger charge is -2.10.